The van der Waals surface area contributed by atoms with Crippen molar-refractivity contribution >= 4 is 29.7 Å². The van der Waals surface area contributed by atoms with E-state index >= 15 is 4.79 Å². The molecule has 0 aromatic heterocycles. The van der Waals surface area contributed by atoms with Crippen LogP contribution in [0.5, 0.6) is 0 Å². The molecule has 2 aromatic rings. The molecule has 3 heterocycles. The van der Waals surface area contributed by atoms with Crippen molar-refractivity contribution in [1.82, 2.24) is 10.2 Å². The Hall–Kier alpha value is -5.03. The Kier molecular flexibility index (Phi) is 21.1. The predicted molar refractivity (Wildman–Crippen MR) is 274 cm³/mol. The predicted octanol–water partition coefficient (Wildman–Crippen LogP) is 6.89. The Balaban J connectivity index is 1.69. The van der Waals surface area contributed by atoms with Gasteiger partial charge in [-0.25, -0.2) is 9.59 Å². The van der Waals surface area contributed by atoms with E-state index in [0.29, 0.717) is 17.5 Å². The molecule has 74 heavy (non-hydrogen) atoms. The number of methoxy groups -OCH3 is 1. The third-order valence-corrected chi connectivity index (χ3v) is 14.7. The first-order valence-corrected chi connectivity index (χ1v) is 25.7. The van der Waals surface area contributed by atoms with Gasteiger partial charge < -0.3 is 57.6 Å². The van der Waals surface area contributed by atoms with Gasteiger partial charge >= 0.3 is 23.9 Å². The van der Waals surface area contributed by atoms with Crippen LogP contribution in [-0.2, 0) is 61.8 Å². The average molecular weight is 1030 g/mol. The van der Waals surface area contributed by atoms with Crippen molar-refractivity contribution in [1.29, 1.82) is 0 Å². The van der Waals surface area contributed by atoms with E-state index in [1.807, 2.05) is 32.8 Å². The summed E-state index contributed by atoms with van der Waals surface area (Å²) in [5, 5.41) is 2.80. The summed E-state index contributed by atoms with van der Waals surface area (Å²) in [5.41, 5.74) is -3.31. The number of nitrogens with zero attached hydrogens (tertiary/aromatic N) is 1. The van der Waals surface area contributed by atoms with Crippen LogP contribution in [-0.4, -0.2) is 154 Å². The smallest absolute Gasteiger partial charge is 0.338 e. The summed E-state index contributed by atoms with van der Waals surface area (Å²) in [6, 6.07) is 16.8. The van der Waals surface area contributed by atoms with Crippen molar-refractivity contribution in [2.75, 3.05) is 41.4 Å². The summed E-state index contributed by atoms with van der Waals surface area (Å²) in [4.78, 5) is 72.4. The molecule has 408 valence electrons. The highest BCUT2D eigenvalue weighted by Crippen LogP contribution is 2.43. The highest BCUT2D eigenvalue weighted by atomic mass is 16.7. The fourth-order valence-electron chi connectivity index (χ4n) is 10.8. The number of hydrogen-bond donors (Lipinski definition) is 1. The molecule has 17 heteroatoms. The van der Waals surface area contributed by atoms with Gasteiger partial charge in [-0.1, -0.05) is 63.1 Å². The summed E-state index contributed by atoms with van der Waals surface area (Å²) < 4.78 is 65.4. The van der Waals surface area contributed by atoms with Crippen molar-refractivity contribution < 1.29 is 71.3 Å². The molecule has 0 aliphatic carbocycles. The van der Waals surface area contributed by atoms with E-state index in [2.05, 4.69) is 11.2 Å². The second-order valence-corrected chi connectivity index (χ2v) is 20.9. The van der Waals surface area contributed by atoms with Gasteiger partial charge in [0.05, 0.1) is 59.6 Å². The second-order valence-electron chi connectivity index (χ2n) is 20.9. The lowest BCUT2D eigenvalue weighted by molar-refractivity contribution is -0.319. The Bertz CT molecular complexity index is 2290. The first-order chi connectivity index (χ1) is 34.9. The number of ether oxygens (including phenoxy) is 10. The molecule has 0 amide bonds. The molecule has 5 rings (SSSR count). The molecule has 2 fully saturated rings. The lowest BCUT2D eigenvalue weighted by atomic mass is 9.76. The van der Waals surface area contributed by atoms with E-state index in [1.165, 1.54) is 13.2 Å². The molecule has 3 aliphatic rings. The van der Waals surface area contributed by atoms with Crippen LogP contribution < -0.4 is 5.32 Å². The van der Waals surface area contributed by atoms with Gasteiger partial charge in [-0.15, -0.1) is 6.42 Å². The minimum absolute atomic E-state index is 0.00767. The Morgan fingerprint density at radius 3 is 2.00 bits per heavy atom. The van der Waals surface area contributed by atoms with Crippen LogP contribution in [0.15, 0.2) is 72.3 Å². The molecule has 2 aromatic carbocycles. The molecule has 0 radical (unpaired) electrons. The van der Waals surface area contributed by atoms with Crippen molar-refractivity contribution in [2.24, 2.45) is 17.8 Å². The van der Waals surface area contributed by atoms with Gasteiger partial charge in [-0.2, -0.15) is 0 Å². The monoisotopic (exact) mass is 1030 g/mol. The number of likely N-dealkylation sites (N-methyl/N-ethyl adjacent to an activating group) is 2. The van der Waals surface area contributed by atoms with Gasteiger partial charge in [-0.05, 0) is 125 Å². The zero-order valence-electron chi connectivity index (χ0n) is 45.7. The van der Waals surface area contributed by atoms with Gasteiger partial charge in [-0.3, -0.25) is 14.4 Å². The normalized spacial score (nSPS) is 36.0. The number of cyclic esters (lactones) is 1. The summed E-state index contributed by atoms with van der Waals surface area (Å²) in [6.45, 7) is 17.1. The first kappa shape index (κ1) is 59.8. The zero-order chi connectivity index (χ0) is 54.7. The van der Waals surface area contributed by atoms with Gasteiger partial charge in [0.2, 0.25) is 0 Å². The zero-order valence-corrected chi connectivity index (χ0v) is 45.7. The highest BCUT2D eigenvalue weighted by Gasteiger charge is 2.55. The standard InChI is InChI=1S/C57H80N2O15/c1-16-28-66-57(11)31-35(4)46(61)34(3)30-55(9,74-44(60)33-58-12)43(17-2)69-51(62)38(7)47(70-45-32-56(10,65-15)50(39(8)68-45)72-53(64)41-26-22-19-23-27-41)37(6)49(57)73-54-48(42(59(13)14)29-36(5)67-54)71-52(63)40-24-20-18-21-25-40/h1,18-27,30,35-39,42-43,45,47-50,54,58H,17,28-29,31-33H2,2-15H3/b34-30+/t35-,36-,37+,38-,39+,42+,43?,45+,47?,48-,49-,50+,54+,55+,56-,57-/m1/s1. The van der Waals surface area contributed by atoms with Crippen LogP contribution in [0, 0.1) is 30.1 Å². The van der Waals surface area contributed by atoms with Gasteiger partial charge in [0.25, 0.3) is 0 Å². The summed E-state index contributed by atoms with van der Waals surface area (Å²) in [7, 11) is 6.88. The summed E-state index contributed by atoms with van der Waals surface area (Å²) >= 11 is 0. The number of nitrogens with one attached hydrogen (secondary N) is 1. The van der Waals surface area contributed by atoms with Crippen LogP contribution in [0.2, 0.25) is 0 Å². The van der Waals surface area contributed by atoms with Crippen molar-refractivity contribution in [3.8, 4) is 12.3 Å². The van der Waals surface area contributed by atoms with E-state index < -0.39 is 120 Å². The van der Waals surface area contributed by atoms with Crippen LogP contribution in [0.4, 0.5) is 0 Å². The molecule has 16 atom stereocenters. The van der Waals surface area contributed by atoms with Crippen LogP contribution in [0.25, 0.3) is 0 Å². The Morgan fingerprint density at radius 1 is 0.838 bits per heavy atom. The van der Waals surface area contributed by atoms with E-state index in [1.54, 1.807) is 123 Å². The molecule has 2 unspecified atom stereocenters. The number of carbonyl (C=O) groups excluding carboxylic acids is 5. The molecule has 17 nitrogen and oxygen atoms in total. The van der Waals surface area contributed by atoms with E-state index in [-0.39, 0.29) is 43.8 Å². The van der Waals surface area contributed by atoms with Crippen LogP contribution in [0.1, 0.15) is 116 Å². The number of esters is 4. The summed E-state index contributed by atoms with van der Waals surface area (Å²) in [6.07, 6.45) is -0.647. The van der Waals surface area contributed by atoms with E-state index in [9.17, 15) is 19.2 Å². The summed E-state index contributed by atoms with van der Waals surface area (Å²) in [5.74, 6) is -3.04. The van der Waals surface area contributed by atoms with E-state index in [0.717, 1.165) is 0 Å². The fraction of sp³-hybridized carbons (Fsp3) is 0.632. The number of ketones is 1. The van der Waals surface area contributed by atoms with Gasteiger partial charge in [0.1, 0.15) is 18.3 Å². The third kappa shape index (κ3) is 14.5. The number of Topliss-reactive ketones (excluding diaryl/α,β-unsaturated/α-hetero) is 1. The Labute approximate surface area is 437 Å². The molecule has 2 saturated heterocycles. The first-order valence-electron chi connectivity index (χ1n) is 25.7. The van der Waals surface area contributed by atoms with Crippen molar-refractivity contribution in [3.63, 3.8) is 0 Å². The lowest BCUT2D eigenvalue weighted by Gasteiger charge is -2.50. The lowest BCUT2D eigenvalue weighted by Crippen LogP contribution is -2.62. The maximum atomic E-state index is 15.1. The van der Waals surface area contributed by atoms with Crippen LogP contribution in [0.3, 0.4) is 0 Å². The maximum Gasteiger partial charge on any atom is 0.338 e. The molecule has 1 N–H and O–H groups in total. The number of terminal acetylenes is 1. The number of hydrogen-bond acceptors (Lipinski definition) is 17. The molecule has 0 bridgehead atoms. The third-order valence-electron chi connectivity index (χ3n) is 14.7. The topological polar surface area (TPSA) is 193 Å². The van der Waals surface area contributed by atoms with E-state index in [4.69, 9.17) is 53.8 Å². The maximum absolute atomic E-state index is 15.1. The van der Waals surface area contributed by atoms with Crippen LogP contribution >= 0.6 is 0 Å². The minimum atomic E-state index is -1.60. The van der Waals surface area contributed by atoms with Gasteiger partial charge in [0, 0.05) is 25.4 Å². The minimum Gasteiger partial charge on any atom is -0.457 e. The number of rotatable bonds is 16. The molecule has 0 spiro atoms. The second kappa shape index (κ2) is 26.1. The molecule has 3 aliphatic heterocycles. The SMILES string of the molecule is C#CCO[C@]1(C)C[C@@H](C)C(=O)/C(C)=C/[C@](C)(OC(=O)CNC)C(CC)OC(=O)[C@H](C)C(O[C@H]2C[C@@](C)(OC)[C@@H](OC(=O)c3ccccc3)[C@H](C)O2)[C@H](C)[C@H]1O[C@@H]1O[C@H](C)C[C@H](N(C)C)[C@H]1OC(=O)c1ccccc1. The average Bonchev–Trinajstić information content (AvgIpc) is 3.36. The quantitative estimate of drug-likeness (QED) is 0.104. The largest absolute Gasteiger partial charge is 0.457 e. The van der Waals surface area contributed by atoms with Gasteiger partial charge in [0.15, 0.2) is 36.2 Å². The molecule has 0 saturated carbocycles. The number of allylic oxidation sites excluding steroid dienone is 1. The van der Waals surface area contributed by atoms with Crippen molar-refractivity contribution in [2.45, 2.75) is 173 Å². The number of carbonyl (C=O) groups is 5. The Morgan fingerprint density at radius 2 is 1.45 bits per heavy atom. The molecular formula is C57H80N2O15. The van der Waals surface area contributed by atoms with Crippen molar-refractivity contribution in [3.05, 3.63) is 83.4 Å². The molecular weight excluding hydrogens is 953 g/mol. The fourth-order valence-corrected chi connectivity index (χ4v) is 10.8. The highest BCUT2D eigenvalue weighted by molar-refractivity contribution is 5.96. The number of benzene rings is 2.